The zero-order chi connectivity index (χ0) is 24.1. The first-order valence-corrected chi connectivity index (χ1v) is 14.7. The van der Waals surface area contributed by atoms with Crippen LogP contribution in [0.3, 0.4) is 0 Å². The Morgan fingerprint density at radius 3 is 2.25 bits per heavy atom. The summed E-state index contributed by atoms with van der Waals surface area (Å²) in [5, 5.41) is 0.0795. The van der Waals surface area contributed by atoms with E-state index in [-0.39, 0.29) is 28.3 Å². The van der Waals surface area contributed by atoms with Gasteiger partial charge in [-0.05, 0) is 82.3 Å². The fraction of sp³-hybridized carbons (Fsp3) is 0.536. The molecule has 0 aliphatic heterocycles. The summed E-state index contributed by atoms with van der Waals surface area (Å²) in [5.41, 5.74) is 6.08. The zero-order valence-corrected chi connectivity index (χ0v) is 22.2. The first-order chi connectivity index (χ1) is 14.7. The summed E-state index contributed by atoms with van der Waals surface area (Å²) >= 11 is 0. The molecule has 0 fully saturated rings. The second-order valence-electron chi connectivity index (χ2n) is 12.0. The highest BCUT2D eigenvalue weighted by Crippen LogP contribution is 2.51. The third-order valence-electron chi connectivity index (χ3n) is 7.37. The minimum atomic E-state index is -2.07. The maximum Gasteiger partial charge on any atom is 0.192 e. The number of rotatable bonds is 5. The van der Waals surface area contributed by atoms with Crippen LogP contribution in [0.1, 0.15) is 94.0 Å². The highest BCUT2D eigenvalue weighted by Gasteiger charge is 2.44. The van der Waals surface area contributed by atoms with Gasteiger partial charge in [0.05, 0.1) is 6.10 Å². The predicted molar refractivity (Wildman–Crippen MR) is 134 cm³/mol. The maximum atomic E-state index is 13.8. The van der Waals surface area contributed by atoms with Crippen molar-refractivity contribution in [3.05, 3.63) is 58.4 Å². The second-order valence-corrected chi connectivity index (χ2v) is 16.8. The number of carbonyl (C=O) groups is 1. The molecule has 0 N–H and O–H groups in total. The van der Waals surface area contributed by atoms with Crippen molar-refractivity contribution in [3.63, 3.8) is 0 Å². The molecule has 0 heterocycles. The Hall–Kier alpha value is -1.78. The van der Waals surface area contributed by atoms with E-state index in [0.29, 0.717) is 5.56 Å². The molecule has 3 rings (SSSR count). The number of halogens is 1. The first kappa shape index (κ1) is 24.9. The smallest absolute Gasteiger partial charge is 0.192 e. The van der Waals surface area contributed by atoms with Crippen LogP contribution in [0.15, 0.2) is 30.3 Å². The molecule has 2 nitrogen and oxygen atoms in total. The highest BCUT2D eigenvalue weighted by molar-refractivity contribution is 6.74. The number of aldehydes is 1. The van der Waals surface area contributed by atoms with Gasteiger partial charge >= 0.3 is 0 Å². The van der Waals surface area contributed by atoms with E-state index in [9.17, 15) is 9.18 Å². The molecule has 2 aromatic rings. The average Bonchev–Trinajstić information content (AvgIpc) is 2.65. The number of hydrogen-bond donors (Lipinski definition) is 0. The Morgan fingerprint density at radius 1 is 1.16 bits per heavy atom. The Bertz CT molecular complexity index is 998. The first-order valence-electron chi connectivity index (χ1n) is 11.8. The van der Waals surface area contributed by atoms with E-state index in [4.69, 9.17) is 4.43 Å². The molecule has 4 heteroatoms. The topological polar surface area (TPSA) is 26.3 Å². The van der Waals surface area contributed by atoms with Crippen molar-refractivity contribution in [3.8, 4) is 11.1 Å². The van der Waals surface area contributed by atoms with Crippen LogP contribution in [0.5, 0.6) is 0 Å². The zero-order valence-electron chi connectivity index (χ0n) is 21.2. The van der Waals surface area contributed by atoms with Crippen molar-refractivity contribution in [2.24, 2.45) is 5.41 Å². The minimum Gasteiger partial charge on any atom is -0.410 e. The predicted octanol–water partition coefficient (Wildman–Crippen LogP) is 8.46. The van der Waals surface area contributed by atoms with Gasteiger partial charge in [-0.2, -0.15) is 0 Å². The Labute approximate surface area is 194 Å². The summed E-state index contributed by atoms with van der Waals surface area (Å²) < 4.78 is 20.8. The summed E-state index contributed by atoms with van der Waals surface area (Å²) in [7, 11) is -2.07. The van der Waals surface area contributed by atoms with Crippen LogP contribution in [-0.4, -0.2) is 14.6 Å². The van der Waals surface area contributed by atoms with E-state index in [1.165, 1.54) is 17.7 Å². The van der Waals surface area contributed by atoms with Crippen molar-refractivity contribution in [1.29, 1.82) is 0 Å². The number of hydrogen-bond acceptors (Lipinski definition) is 2. The molecule has 2 aromatic carbocycles. The SMILES string of the molecule is CC(C)c1cc2c(c(-c3ccc(F)cc3)c1C=O)C(O[Si](C)(C)C(C)(C)C)CC(C)(C)C2. The maximum absolute atomic E-state index is 13.8. The van der Waals surface area contributed by atoms with Gasteiger partial charge < -0.3 is 4.43 Å². The Kier molecular flexibility index (Phi) is 6.63. The van der Waals surface area contributed by atoms with Crippen LogP contribution in [0.4, 0.5) is 4.39 Å². The van der Waals surface area contributed by atoms with E-state index in [0.717, 1.165) is 41.4 Å². The van der Waals surface area contributed by atoms with Crippen LogP contribution < -0.4 is 0 Å². The Morgan fingerprint density at radius 2 is 1.75 bits per heavy atom. The molecule has 1 aliphatic carbocycles. The van der Waals surface area contributed by atoms with Crippen LogP contribution >= 0.6 is 0 Å². The summed E-state index contributed by atoms with van der Waals surface area (Å²) in [6.07, 6.45) is 2.74. The van der Waals surface area contributed by atoms with Crippen LogP contribution in [0.25, 0.3) is 11.1 Å². The van der Waals surface area contributed by atoms with Crippen LogP contribution in [0, 0.1) is 11.2 Å². The quantitative estimate of drug-likeness (QED) is 0.334. The van der Waals surface area contributed by atoms with Gasteiger partial charge in [0.2, 0.25) is 0 Å². The molecule has 0 bridgehead atoms. The van der Waals surface area contributed by atoms with Gasteiger partial charge in [0, 0.05) is 5.56 Å². The lowest BCUT2D eigenvalue weighted by Crippen LogP contribution is -2.43. The summed E-state index contributed by atoms with van der Waals surface area (Å²) in [5.74, 6) is -0.0602. The van der Waals surface area contributed by atoms with Crippen molar-refractivity contribution < 1.29 is 13.6 Å². The number of fused-ring (bicyclic) bond motifs is 1. The molecule has 0 aromatic heterocycles. The molecular weight excluding hydrogens is 415 g/mol. The molecule has 1 unspecified atom stereocenters. The average molecular weight is 455 g/mol. The van der Waals surface area contributed by atoms with Gasteiger partial charge in [-0.25, -0.2) is 4.39 Å². The summed E-state index contributed by atoms with van der Waals surface area (Å²) in [4.78, 5) is 12.5. The van der Waals surface area contributed by atoms with E-state index in [2.05, 4.69) is 67.6 Å². The normalized spacial score (nSPS) is 18.5. The van der Waals surface area contributed by atoms with E-state index in [1.54, 1.807) is 12.1 Å². The van der Waals surface area contributed by atoms with Gasteiger partial charge in [0.25, 0.3) is 0 Å². The molecule has 32 heavy (non-hydrogen) atoms. The molecule has 1 atom stereocenters. The molecule has 0 amide bonds. The lowest BCUT2D eigenvalue weighted by atomic mass is 9.69. The van der Waals surface area contributed by atoms with E-state index in [1.807, 2.05) is 0 Å². The monoisotopic (exact) mass is 454 g/mol. The van der Waals surface area contributed by atoms with Crippen LogP contribution in [-0.2, 0) is 10.8 Å². The minimum absolute atomic E-state index is 0.0795. The highest BCUT2D eigenvalue weighted by atomic mass is 28.4. The van der Waals surface area contributed by atoms with Gasteiger partial charge in [-0.3, -0.25) is 4.79 Å². The second kappa shape index (κ2) is 8.53. The standard InChI is InChI=1S/C28H39FO2Si/c1-18(2)22-14-20-15-28(6,7)16-24(31-32(8,9)27(3,4)5)26(20)25(23(22)17-30)19-10-12-21(29)13-11-19/h10-14,17-18,24H,15-16H2,1-9H3. The van der Waals surface area contributed by atoms with Gasteiger partial charge in [0.1, 0.15) is 5.82 Å². The van der Waals surface area contributed by atoms with Crippen molar-refractivity contribution >= 4 is 14.6 Å². The van der Waals surface area contributed by atoms with E-state index >= 15 is 0 Å². The third kappa shape index (κ3) is 4.77. The van der Waals surface area contributed by atoms with Gasteiger partial charge in [-0.15, -0.1) is 0 Å². The fourth-order valence-electron chi connectivity index (χ4n) is 4.66. The van der Waals surface area contributed by atoms with Crippen molar-refractivity contribution in [2.75, 3.05) is 0 Å². The lowest BCUT2D eigenvalue weighted by molar-refractivity contribution is 0.108. The largest absolute Gasteiger partial charge is 0.410 e. The third-order valence-corrected chi connectivity index (χ3v) is 11.9. The van der Waals surface area contributed by atoms with Gasteiger partial charge in [0.15, 0.2) is 14.6 Å². The summed E-state index contributed by atoms with van der Waals surface area (Å²) in [6.45, 7) is 20.2. The van der Waals surface area contributed by atoms with E-state index < -0.39 is 8.32 Å². The molecule has 1 aliphatic rings. The summed E-state index contributed by atoms with van der Waals surface area (Å²) in [6, 6.07) is 8.79. The number of benzene rings is 2. The molecule has 0 saturated carbocycles. The van der Waals surface area contributed by atoms with Crippen molar-refractivity contribution in [1.82, 2.24) is 0 Å². The lowest BCUT2D eigenvalue weighted by Gasteiger charge is -2.45. The molecule has 0 radical (unpaired) electrons. The fourth-order valence-corrected chi connectivity index (χ4v) is 5.93. The molecule has 0 spiro atoms. The molecule has 174 valence electrons. The van der Waals surface area contributed by atoms with Gasteiger partial charge in [-0.1, -0.05) is 66.7 Å². The Balaban J connectivity index is 2.34. The van der Waals surface area contributed by atoms with Crippen molar-refractivity contribution in [2.45, 2.75) is 91.5 Å². The molecule has 0 saturated heterocycles. The molecular formula is C28H39FO2Si. The number of carbonyl (C=O) groups excluding carboxylic acids is 1. The van der Waals surface area contributed by atoms with Crippen LogP contribution in [0.2, 0.25) is 18.1 Å².